The van der Waals surface area contributed by atoms with Crippen LogP contribution in [-0.4, -0.2) is 48.1 Å². The molecule has 0 aliphatic heterocycles. The van der Waals surface area contributed by atoms with Gasteiger partial charge in [-0.25, -0.2) is 9.97 Å². The Hall–Kier alpha value is -2.34. The highest BCUT2D eigenvalue weighted by molar-refractivity contribution is 7.98. The average molecular weight is 343 g/mol. The molecule has 0 aliphatic carbocycles. The number of nitrogens with zero attached hydrogens (tertiary/aromatic N) is 3. The average Bonchev–Trinajstić information content (AvgIpc) is 2.58. The Bertz CT molecular complexity index is 773. The number of carbonyl (C=O) groups excluding carboxylic acids is 1. The summed E-state index contributed by atoms with van der Waals surface area (Å²) in [5, 5.41) is 0.631. The summed E-state index contributed by atoms with van der Waals surface area (Å²) in [4.78, 5) is 23.6. The highest BCUT2D eigenvalue weighted by Gasteiger charge is 2.18. The number of Topliss-reactive ketones (excluding diaryl/α,β-unsaturated/α-hetero) is 1. The van der Waals surface area contributed by atoms with Crippen molar-refractivity contribution in [2.45, 2.75) is 12.1 Å². The molecule has 1 aromatic heterocycles. The number of thioether (sulfide) groups is 1. The van der Waals surface area contributed by atoms with E-state index in [1.165, 1.54) is 11.8 Å². The van der Waals surface area contributed by atoms with Crippen LogP contribution < -0.4 is 4.74 Å². The molecule has 0 aliphatic rings. The number of hydrogen-bond donors (Lipinski definition) is 0. The van der Waals surface area contributed by atoms with E-state index in [9.17, 15) is 4.79 Å². The molecule has 0 atom stereocenters. The molecule has 126 valence electrons. The second kappa shape index (κ2) is 7.97. The zero-order chi connectivity index (χ0) is 17.7. The van der Waals surface area contributed by atoms with Gasteiger partial charge in [0.15, 0.2) is 10.9 Å². The molecule has 1 aromatic carbocycles. The molecule has 0 spiro atoms. The third kappa shape index (κ3) is 4.35. The highest BCUT2D eigenvalue weighted by atomic mass is 32.2. The summed E-state index contributed by atoms with van der Waals surface area (Å²) >= 11 is 1.44. The summed E-state index contributed by atoms with van der Waals surface area (Å²) in [5.41, 5.74) is 2.66. The van der Waals surface area contributed by atoms with Crippen LogP contribution in [0, 0.1) is 6.92 Å². The van der Waals surface area contributed by atoms with Crippen LogP contribution in [0.5, 0.6) is 5.75 Å². The summed E-state index contributed by atoms with van der Waals surface area (Å²) in [6.45, 7) is 1.94. The number of ketones is 1. The van der Waals surface area contributed by atoms with Crippen molar-refractivity contribution in [1.29, 1.82) is 0 Å². The Balaban J connectivity index is 2.52. The number of carbonyl (C=O) groups is 1. The smallest absolute Gasteiger partial charge is 0.196 e. The second-order valence-corrected chi connectivity index (χ2v) is 6.28. The van der Waals surface area contributed by atoms with Crippen LogP contribution in [0.3, 0.4) is 0 Å². The van der Waals surface area contributed by atoms with Crippen molar-refractivity contribution >= 4 is 23.1 Å². The predicted molar refractivity (Wildman–Crippen MR) is 97.5 cm³/mol. The van der Waals surface area contributed by atoms with Gasteiger partial charge in [-0.05, 0) is 43.0 Å². The molecule has 0 fully saturated rings. The Morgan fingerprint density at radius 2 is 2.04 bits per heavy atom. The van der Waals surface area contributed by atoms with Crippen LogP contribution in [0.2, 0.25) is 0 Å². The number of aromatic nitrogens is 2. The number of ether oxygens (including phenoxy) is 1. The number of hydrogen-bond acceptors (Lipinski definition) is 6. The molecule has 0 unspecified atom stereocenters. The first kappa shape index (κ1) is 18.0. The summed E-state index contributed by atoms with van der Waals surface area (Å²) in [6.07, 6.45) is 5.35. The van der Waals surface area contributed by atoms with E-state index in [0.29, 0.717) is 27.7 Å². The first-order chi connectivity index (χ1) is 11.4. The molecule has 2 rings (SSSR count). The monoisotopic (exact) mass is 343 g/mol. The van der Waals surface area contributed by atoms with E-state index < -0.39 is 0 Å². The van der Waals surface area contributed by atoms with Gasteiger partial charge in [0, 0.05) is 32.1 Å². The first-order valence-electron chi connectivity index (χ1n) is 7.40. The molecule has 0 bridgehead atoms. The van der Waals surface area contributed by atoms with Gasteiger partial charge in [0.2, 0.25) is 0 Å². The Labute approximate surface area is 146 Å². The third-order valence-electron chi connectivity index (χ3n) is 3.27. The summed E-state index contributed by atoms with van der Waals surface area (Å²) < 4.78 is 5.28. The maximum Gasteiger partial charge on any atom is 0.196 e. The van der Waals surface area contributed by atoms with Gasteiger partial charge < -0.3 is 9.64 Å². The van der Waals surface area contributed by atoms with Gasteiger partial charge in [0.25, 0.3) is 0 Å². The van der Waals surface area contributed by atoms with E-state index in [1.54, 1.807) is 31.6 Å². The lowest BCUT2D eigenvalue weighted by molar-refractivity contribution is 0.105. The Kier molecular flexibility index (Phi) is 5.98. The number of allylic oxidation sites excluding steroid dienone is 1. The minimum absolute atomic E-state index is 0.101. The summed E-state index contributed by atoms with van der Waals surface area (Å²) in [7, 11) is 5.34. The fourth-order valence-corrected chi connectivity index (χ4v) is 2.60. The molecule has 0 N–H and O–H groups in total. The van der Waals surface area contributed by atoms with Gasteiger partial charge in [-0.15, -0.1) is 0 Å². The van der Waals surface area contributed by atoms with Gasteiger partial charge in [0.05, 0.1) is 18.4 Å². The molecule has 1 heterocycles. The largest absolute Gasteiger partial charge is 0.497 e. The standard InChI is InChI=1S/C18H21N3O2S/c1-12-8-13(10-14(9-12)23-4)17(22)15(11-21(2)3)16-6-7-19-18(20-16)24-5/h6-11H,1-5H3/b15-11+. The zero-order valence-electron chi connectivity index (χ0n) is 14.5. The van der Waals surface area contributed by atoms with Crippen LogP contribution in [0.4, 0.5) is 0 Å². The fourth-order valence-electron chi connectivity index (χ4n) is 2.24. The molecular formula is C18H21N3O2S. The van der Waals surface area contributed by atoms with Crippen LogP contribution in [-0.2, 0) is 0 Å². The molecule has 6 heteroatoms. The minimum atomic E-state index is -0.101. The number of benzene rings is 1. The van der Waals surface area contributed by atoms with Gasteiger partial charge in [0.1, 0.15) is 5.75 Å². The zero-order valence-corrected chi connectivity index (χ0v) is 15.3. The lowest BCUT2D eigenvalue weighted by atomic mass is 9.99. The molecular weight excluding hydrogens is 322 g/mol. The Morgan fingerprint density at radius 1 is 1.29 bits per heavy atom. The molecule has 0 saturated heterocycles. The highest BCUT2D eigenvalue weighted by Crippen LogP contribution is 2.24. The second-order valence-electron chi connectivity index (χ2n) is 5.50. The van der Waals surface area contributed by atoms with Crippen molar-refractivity contribution in [2.75, 3.05) is 27.5 Å². The van der Waals surface area contributed by atoms with Crippen molar-refractivity contribution in [3.05, 3.63) is 53.5 Å². The van der Waals surface area contributed by atoms with Gasteiger partial charge in [-0.2, -0.15) is 0 Å². The molecule has 2 aromatic rings. The fraction of sp³-hybridized carbons (Fsp3) is 0.278. The SMILES string of the molecule is COc1cc(C)cc(C(=O)/C(=C/N(C)C)c2ccnc(SC)n2)c1. The Morgan fingerprint density at radius 3 is 2.67 bits per heavy atom. The summed E-state index contributed by atoms with van der Waals surface area (Å²) in [5.74, 6) is 0.562. The van der Waals surface area contributed by atoms with Crippen molar-refractivity contribution in [1.82, 2.24) is 14.9 Å². The van der Waals surface area contributed by atoms with Crippen LogP contribution >= 0.6 is 11.8 Å². The van der Waals surface area contributed by atoms with Crippen LogP contribution in [0.25, 0.3) is 5.57 Å². The van der Waals surface area contributed by atoms with Crippen LogP contribution in [0.1, 0.15) is 21.6 Å². The van der Waals surface area contributed by atoms with Crippen molar-refractivity contribution in [2.24, 2.45) is 0 Å². The molecule has 5 nitrogen and oxygen atoms in total. The first-order valence-corrected chi connectivity index (χ1v) is 8.63. The predicted octanol–water partition coefficient (Wildman–Crippen LogP) is 3.30. The number of methoxy groups -OCH3 is 1. The number of aryl methyl sites for hydroxylation is 1. The third-order valence-corrected chi connectivity index (χ3v) is 3.83. The van der Waals surface area contributed by atoms with Gasteiger partial charge >= 0.3 is 0 Å². The minimum Gasteiger partial charge on any atom is -0.497 e. The van der Waals surface area contributed by atoms with Crippen molar-refractivity contribution in [3.8, 4) is 5.75 Å². The molecule has 0 saturated carbocycles. The molecule has 24 heavy (non-hydrogen) atoms. The van der Waals surface area contributed by atoms with E-state index in [1.807, 2.05) is 44.3 Å². The maximum absolute atomic E-state index is 13.1. The molecule has 0 amide bonds. The molecule has 0 radical (unpaired) electrons. The van der Waals surface area contributed by atoms with E-state index in [2.05, 4.69) is 9.97 Å². The van der Waals surface area contributed by atoms with E-state index in [0.717, 1.165) is 5.56 Å². The van der Waals surface area contributed by atoms with Crippen molar-refractivity contribution in [3.63, 3.8) is 0 Å². The van der Waals surface area contributed by atoms with Gasteiger partial charge in [-0.1, -0.05) is 11.8 Å². The lowest BCUT2D eigenvalue weighted by Crippen LogP contribution is -2.11. The van der Waals surface area contributed by atoms with Crippen molar-refractivity contribution < 1.29 is 9.53 Å². The normalized spacial score (nSPS) is 11.3. The maximum atomic E-state index is 13.1. The van der Waals surface area contributed by atoms with E-state index in [-0.39, 0.29) is 5.78 Å². The van der Waals surface area contributed by atoms with E-state index >= 15 is 0 Å². The topological polar surface area (TPSA) is 55.3 Å². The quantitative estimate of drug-likeness (QED) is 0.347. The number of rotatable bonds is 6. The van der Waals surface area contributed by atoms with E-state index in [4.69, 9.17) is 4.74 Å². The van der Waals surface area contributed by atoms with Crippen LogP contribution in [0.15, 0.2) is 41.8 Å². The summed E-state index contributed by atoms with van der Waals surface area (Å²) in [6, 6.07) is 7.24. The lowest BCUT2D eigenvalue weighted by Gasteiger charge is -2.13. The van der Waals surface area contributed by atoms with Gasteiger partial charge in [-0.3, -0.25) is 4.79 Å².